The minimum absolute atomic E-state index is 0.0480. The number of H-pyrrole nitrogens is 1. The number of methoxy groups -OCH3 is 1. The van der Waals surface area contributed by atoms with Gasteiger partial charge in [-0.3, -0.25) is 4.79 Å². The van der Waals surface area contributed by atoms with E-state index in [0.29, 0.717) is 16.9 Å². The van der Waals surface area contributed by atoms with Crippen LogP contribution in [-0.2, 0) is 0 Å². The van der Waals surface area contributed by atoms with Gasteiger partial charge in [0.05, 0.1) is 18.2 Å². The number of hydrogen-bond donors (Lipinski definition) is 2. The Morgan fingerprint density at radius 3 is 2.60 bits per heavy atom. The van der Waals surface area contributed by atoms with E-state index in [9.17, 15) is 4.79 Å². The summed E-state index contributed by atoms with van der Waals surface area (Å²) in [4.78, 5) is 16.6. The SMILES string of the molecule is COc1ccc(N/C=C2\C(=O)c3ccccc3OC2c2c[nH]c3ccccc23)cc1. The summed E-state index contributed by atoms with van der Waals surface area (Å²) in [7, 11) is 1.63. The number of benzene rings is 3. The van der Waals surface area contributed by atoms with Crippen molar-refractivity contribution in [1.29, 1.82) is 0 Å². The molecule has 2 N–H and O–H groups in total. The first-order valence-corrected chi connectivity index (χ1v) is 9.71. The van der Waals surface area contributed by atoms with Crippen molar-refractivity contribution in [2.75, 3.05) is 12.4 Å². The van der Waals surface area contributed by atoms with Crippen molar-refractivity contribution >= 4 is 22.4 Å². The maximum Gasteiger partial charge on any atom is 0.198 e. The third-order valence-electron chi connectivity index (χ3n) is 5.31. The minimum Gasteiger partial charge on any atom is -0.497 e. The van der Waals surface area contributed by atoms with Crippen molar-refractivity contribution in [2.45, 2.75) is 6.10 Å². The predicted molar refractivity (Wildman–Crippen MR) is 117 cm³/mol. The first kappa shape index (κ1) is 18.1. The molecular weight excluding hydrogens is 376 g/mol. The molecule has 0 aliphatic carbocycles. The van der Waals surface area contributed by atoms with Gasteiger partial charge in [-0.05, 0) is 42.5 Å². The summed E-state index contributed by atoms with van der Waals surface area (Å²) in [6.45, 7) is 0. The molecule has 4 aromatic rings. The third kappa shape index (κ3) is 3.10. The van der Waals surface area contributed by atoms with Crippen LogP contribution in [0, 0.1) is 0 Å². The molecule has 5 rings (SSSR count). The molecule has 0 saturated heterocycles. The van der Waals surface area contributed by atoms with Gasteiger partial charge in [-0.15, -0.1) is 0 Å². The van der Waals surface area contributed by atoms with Gasteiger partial charge in [-0.1, -0.05) is 30.3 Å². The van der Waals surface area contributed by atoms with Gasteiger partial charge in [0.2, 0.25) is 0 Å². The van der Waals surface area contributed by atoms with Crippen molar-refractivity contribution in [3.8, 4) is 11.5 Å². The number of carbonyl (C=O) groups is 1. The lowest BCUT2D eigenvalue weighted by molar-refractivity contribution is 0.0961. The van der Waals surface area contributed by atoms with E-state index in [1.807, 2.05) is 72.9 Å². The van der Waals surface area contributed by atoms with E-state index in [-0.39, 0.29) is 5.78 Å². The van der Waals surface area contributed by atoms with Gasteiger partial charge in [0.1, 0.15) is 11.5 Å². The number of Topliss-reactive ketones (excluding diaryl/α,β-unsaturated/α-hetero) is 1. The number of hydrogen-bond acceptors (Lipinski definition) is 4. The van der Waals surface area contributed by atoms with Gasteiger partial charge in [-0.2, -0.15) is 0 Å². The highest BCUT2D eigenvalue weighted by molar-refractivity contribution is 6.12. The molecule has 0 bridgehead atoms. The molecule has 0 radical (unpaired) electrons. The Bertz CT molecular complexity index is 1250. The lowest BCUT2D eigenvalue weighted by atomic mass is 9.91. The zero-order chi connectivity index (χ0) is 20.5. The van der Waals surface area contributed by atoms with E-state index in [2.05, 4.69) is 10.3 Å². The second kappa shape index (κ2) is 7.44. The van der Waals surface area contributed by atoms with Crippen LogP contribution in [0.3, 0.4) is 0 Å². The molecule has 2 heterocycles. The maximum atomic E-state index is 13.4. The largest absolute Gasteiger partial charge is 0.497 e. The Morgan fingerprint density at radius 1 is 1.00 bits per heavy atom. The van der Waals surface area contributed by atoms with Crippen LogP contribution >= 0.6 is 0 Å². The predicted octanol–water partition coefficient (Wildman–Crippen LogP) is 5.49. The number of ether oxygens (including phenoxy) is 2. The van der Waals surface area contributed by atoms with Crippen molar-refractivity contribution in [3.63, 3.8) is 0 Å². The van der Waals surface area contributed by atoms with Crippen molar-refractivity contribution < 1.29 is 14.3 Å². The minimum atomic E-state index is -0.519. The van der Waals surface area contributed by atoms with E-state index in [4.69, 9.17) is 9.47 Å². The molecule has 30 heavy (non-hydrogen) atoms. The molecular formula is C25H20N2O3. The molecule has 0 spiro atoms. The zero-order valence-corrected chi connectivity index (χ0v) is 16.4. The molecule has 1 aromatic heterocycles. The number of aromatic amines is 1. The van der Waals surface area contributed by atoms with Crippen molar-refractivity contribution in [2.24, 2.45) is 0 Å². The van der Waals surface area contributed by atoms with Crippen LogP contribution in [0.15, 0.2) is 90.8 Å². The second-order valence-electron chi connectivity index (χ2n) is 7.09. The number of ketones is 1. The van der Waals surface area contributed by atoms with Crippen LogP contribution in [0.2, 0.25) is 0 Å². The molecule has 1 aliphatic heterocycles. The summed E-state index contributed by atoms with van der Waals surface area (Å²) in [5.41, 5.74) is 3.90. The van der Waals surface area contributed by atoms with E-state index >= 15 is 0 Å². The highest BCUT2D eigenvalue weighted by Gasteiger charge is 2.34. The van der Waals surface area contributed by atoms with Gasteiger partial charge < -0.3 is 19.8 Å². The number of para-hydroxylation sites is 2. The number of nitrogens with one attached hydrogen (secondary N) is 2. The molecule has 1 atom stereocenters. The van der Waals surface area contributed by atoms with E-state index in [1.165, 1.54) is 0 Å². The highest BCUT2D eigenvalue weighted by Crippen LogP contribution is 2.40. The third-order valence-corrected chi connectivity index (χ3v) is 5.31. The average Bonchev–Trinajstić information content (AvgIpc) is 3.23. The topological polar surface area (TPSA) is 63.4 Å². The van der Waals surface area contributed by atoms with Gasteiger partial charge in [0.25, 0.3) is 0 Å². The fraction of sp³-hybridized carbons (Fsp3) is 0.0800. The smallest absolute Gasteiger partial charge is 0.198 e. The zero-order valence-electron chi connectivity index (χ0n) is 16.4. The fourth-order valence-electron chi connectivity index (χ4n) is 3.75. The van der Waals surface area contributed by atoms with Crippen LogP contribution in [-0.4, -0.2) is 17.9 Å². The van der Waals surface area contributed by atoms with Gasteiger partial charge in [0.15, 0.2) is 11.9 Å². The average molecular weight is 396 g/mol. The quantitative estimate of drug-likeness (QED) is 0.448. The first-order chi connectivity index (χ1) is 14.7. The number of carbonyl (C=O) groups excluding carboxylic acids is 1. The Kier molecular flexibility index (Phi) is 4.48. The first-order valence-electron chi connectivity index (χ1n) is 9.71. The van der Waals surface area contributed by atoms with Crippen molar-refractivity contribution in [1.82, 2.24) is 4.98 Å². The Morgan fingerprint density at radius 2 is 1.77 bits per heavy atom. The molecule has 1 aliphatic rings. The normalized spacial score (nSPS) is 16.9. The van der Waals surface area contributed by atoms with E-state index in [0.717, 1.165) is 27.9 Å². The number of anilines is 1. The second-order valence-corrected chi connectivity index (χ2v) is 7.09. The standard InChI is InChI=1S/C25H20N2O3/c1-29-17-12-10-16(11-13-17)26-15-21-24(28)19-7-3-5-9-23(19)30-25(21)20-14-27-22-8-4-2-6-18(20)22/h2-15,25-27H,1H3/b21-15+. The molecule has 0 saturated carbocycles. The molecule has 3 aromatic carbocycles. The van der Waals surface area contributed by atoms with Gasteiger partial charge >= 0.3 is 0 Å². The van der Waals surface area contributed by atoms with Crippen LogP contribution in [0.25, 0.3) is 10.9 Å². The molecule has 1 unspecified atom stereocenters. The molecule has 0 amide bonds. The number of fused-ring (bicyclic) bond motifs is 2. The van der Waals surface area contributed by atoms with Crippen LogP contribution < -0.4 is 14.8 Å². The molecule has 5 heteroatoms. The summed E-state index contributed by atoms with van der Waals surface area (Å²) in [5.74, 6) is 1.32. The number of aromatic nitrogens is 1. The van der Waals surface area contributed by atoms with E-state index in [1.54, 1.807) is 19.4 Å². The Hall–Kier alpha value is -3.99. The van der Waals surface area contributed by atoms with Crippen LogP contribution in [0.4, 0.5) is 5.69 Å². The summed E-state index contributed by atoms with van der Waals surface area (Å²) in [5, 5.41) is 4.27. The molecule has 5 nitrogen and oxygen atoms in total. The summed E-state index contributed by atoms with van der Waals surface area (Å²) < 4.78 is 11.5. The summed E-state index contributed by atoms with van der Waals surface area (Å²) >= 11 is 0. The van der Waals surface area contributed by atoms with Gasteiger partial charge in [-0.25, -0.2) is 0 Å². The maximum absolute atomic E-state index is 13.4. The fourth-order valence-corrected chi connectivity index (χ4v) is 3.75. The summed E-state index contributed by atoms with van der Waals surface area (Å²) in [6.07, 6.45) is 3.14. The monoisotopic (exact) mass is 396 g/mol. The lowest BCUT2D eigenvalue weighted by Gasteiger charge is -2.27. The molecule has 0 fully saturated rings. The van der Waals surface area contributed by atoms with Crippen molar-refractivity contribution in [3.05, 3.63) is 102 Å². The molecule has 148 valence electrons. The van der Waals surface area contributed by atoms with Gasteiger partial charge in [0, 0.05) is 34.6 Å². The lowest BCUT2D eigenvalue weighted by Crippen LogP contribution is -2.24. The summed E-state index contributed by atoms with van der Waals surface area (Å²) in [6, 6.07) is 22.9. The highest BCUT2D eigenvalue weighted by atomic mass is 16.5. The van der Waals surface area contributed by atoms with Crippen LogP contribution in [0.5, 0.6) is 11.5 Å². The Labute approximate surface area is 174 Å². The van der Waals surface area contributed by atoms with Crippen LogP contribution in [0.1, 0.15) is 22.0 Å². The Balaban J connectivity index is 1.58. The van der Waals surface area contributed by atoms with E-state index < -0.39 is 6.10 Å². The number of rotatable bonds is 4.